The van der Waals surface area contributed by atoms with E-state index in [1.165, 1.54) is 42.0 Å². The monoisotopic (exact) mass is 352 g/mol. The Kier molecular flexibility index (Phi) is 4.79. The van der Waals surface area contributed by atoms with Crippen molar-refractivity contribution in [3.63, 3.8) is 0 Å². The van der Waals surface area contributed by atoms with Crippen molar-refractivity contribution in [3.05, 3.63) is 54.1 Å². The van der Waals surface area contributed by atoms with Gasteiger partial charge in [0.2, 0.25) is 10.0 Å². The number of pyridine rings is 1. The fourth-order valence-corrected chi connectivity index (χ4v) is 4.20. The van der Waals surface area contributed by atoms with Crippen molar-refractivity contribution in [2.75, 3.05) is 26.9 Å². The van der Waals surface area contributed by atoms with Crippen LogP contribution in [-0.4, -0.2) is 44.6 Å². The van der Waals surface area contributed by atoms with Crippen LogP contribution in [0.2, 0.25) is 0 Å². The topological polar surface area (TPSA) is 68.7 Å². The lowest BCUT2D eigenvalue weighted by Crippen LogP contribution is -2.43. The number of morpholine rings is 1. The predicted molar refractivity (Wildman–Crippen MR) is 84.6 cm³/mol. The molecule has 8 heteroatoms. The molecule has 1 aliphatic rings. The summed E-state index contributed by atoms with van der Waals surface area (Å²) in [7, 11) is -2.37. The summed E-state index contributed by atoms with van der Waals surface area (Å²) in [6.07, 6.45) is 2.71. The number of hydrogen-bond acceptors (Lipinski definition) is 5. The zero-order valence-corrected chi connectivity index (χ0v) is 13.9. The first-order valence-electron chi connectivity index (χ1n) is 7.36. The molecule has 0 spiro atoms. The molecule has 1 saturated heterocycles. The van der Waals surface area contributed by atoms with E-state index in [0.29, 0.717) is 11.3 Å². The molecule has 0 N–H and O–H groups in total. The highest BCUT2D eigenvalue weighted by atomic mass is 32.2. The van der Waals surface area contributed by atoms with E-state index >= 15 is 0 Å². The van der Waals surface area contributed by atoms with Gasteiger partial charge in [0.25, 0.3) is 0 Å². The summed E-state index contributed by atoms with van der Waals surface area (Å²) >= 11 is 0. The molecule has 1 aromatic heterocycles. The Labute approximate surface area is 139 Å². The number of halogens is 1. The van der Waals surface area contributed by atoms with Crippen LogP contribution in [-0.2, 0) is 14.8 Å². The molecule has 1 aliphatic heterocycles. The predicted octanol–water partition coefficient (Wildman–Crippen LogP) is 1.99. The SMILES string of the molecule is COc1cncc(S(=O)(=O)N2CCOCC2c2cccc(F)c2)c1. The smallest absolute Gasteiger partial charge is 0.245 e. The van der Waals surface area contributed by atoms with E-state index in [1.54, 1.807) is 12.1 Å². The number of benzene rings is 1. The minimum atomic E-state index is -3.82. The molecule has 6 nitrogen and oxygen atoms in total. The van der Waals surface area contributed by atoms with Crippen molar-refractivity contribution in [1.82, 2.24) is 9.29 Å². The third-order valence-electron chi connectivity index (χ3n) is 3.84. The molecule has 0 aliphatic carbocycles. The first-order valence-corrected chi connectivity index (χ1v) is 8.80. The quantitative estimate of drug-likeness (QED) is 0.842. The summed E-state index contributed by atoms with van der Waals surface area (Å²) in [5, 5.41) is 0. The van der Waals surface area contributed by atoms with Crippen LogP contribution in [0.3, 0.4) is 0 Å². The number of nitrogens with zero attached hydrogens (tertiary/aromatic N) is 2. The fraction of sp³-hybridized carbons (Fsp3) is 0.312. The van der Waals surface area contributed by atoms with E-state index in [-0.39, 0.29) is 24.7 Å². The highest BCUT2D eigenvalue weighted by Gasteiger charge is 2.35. The maximum Gasteiger partial charge on any atom is 0.245 e. The van der Waals surface area contributed by atoms with Crippen LogP contribution in [0.1, 0.15) is 11.6 Å². The van der Waals surface area contributed by atoms with Crippen LogP contribution >= 0.6 is 0 Å². The molecule has 1 unspecified atom stereocenters. The van der Waals surface area contributed by atoms with Gasteiger partial charge in [0.05, 0.1) is 32.6 Å². The van der Waals surface area contributed by atoms with Gasteiger partial charge in [-0.25, -0.2) is 12.8 Å². The van der Waals surface area contributed by atoms with Crippen molar-refractivity contribution in [3.8, 4) is 5.75 Å². The molecule has 0 amide bonds. The van der Waals surface area contributed by atoms with Gasteiger partial charge in [-0.2, -0.15) is 4.31 Å². The zero-order valence-electron chi connectivity index (χ0n) is 13.1. The molecule has 1 fully saturated rings. The minimum Gasteiger partial charge on any atom is -0.495 e. The van der Waals surface area contributed by atoms with Crippen LogP contribution < -0.4 is 4.74 Å². The second-order valence-electron chi connectivity index (χ2n) is 5.32. The van der Waals surface area contributed by atoms with Gasteiger partial charge >= 0.3 is 0 Å². The molecule has 1 aromatic carbocycles. The van der Waals surface area contributed by atoms with E-state index in [4.69, 9.17) is 9.47 Å². The summed E-state index contributed by atoms with van der Waals surface area (Å²) in [5.74, 6) is -0.0647. The van der Waals surface area contributed by atoms with Crippen molar-refractivity contribution in [1.29, 1.82) is 0 Å². The first kappa shape index (κ1) is 16.8. The Balaban J connectivity index is 2.00. The molecule has 0 radical (unpaired) electrons. The summed E-state index contributed by atoms with van der Waals surface area (Å²) in [4.78, 5) is 3.94. The average Bonchev–Trinajstić information content (AvgIpc) is 2.62. The maximum absolute atomic E-state index is 13.5. The van der Waals surface area contributed by atoms with Gasteiger partial charge in [-0.3, -0.25) is 4.98 Å². The Bertz CT molecular complexity index is 828. The van der Waals surface area contributed by atoms with Gasteiger partial charge in [-0.05, 0) is 17.7 Å². The third-order valence-corrected chi connectivity index (χ3v) is 5.72. The largest absolute Gasteiger partial charge is 0.495 e. The van der Waals surface area contributed by atoms with Gasteiger partial charge < -0.3 is 9.47 Å². The van der Waals surface area contributed by atoms with Crippen LogP contribution in [0.4, 0.5) is 4.39 Å². The number of methoxy groups -OCH3 is 1. The number of aromatic nitrogens is 1. The Morgan fingerprint density at radius 2 is 2.17 bits per heavy atom. The van der Waals surface area contributed by atoms with Crippen molar-refractivity contribution in [2.24, 2.45) is 0 Å². The molecule has 1 atom stereocenters. The molecular formula is C16H17FN2O4S. The van der Waals surface area contributed by atoms with Crippen molar-refractivity contribution < 1.29 is 22.3 Å². The van der Waals surface area contributed by atoms with E-state index in [0.717, 1.165) is 0 Å². The molecule has 24 heavy (non-hydrogen) atoms. The number of ether oxygens (including phenoxy) is 2. The highest BCUT2D eigenvalue weighted by molar-refractivity contribution is 7.89. The zero-order chi connectivity index (χ0) is 17.2. The van der Waals surface area contributed by atoms with Crippen molar-refractivity contribution >= 4 is 10.0 Å². The lowest BCUT2D eigenvalue weighted by atomic mass is 10.1. The Morgan fingerprint density at radius 3 is 2.92 bits per heavy atom. The van der Waals surface area contributed by atoms with Crippen molar-refractivity contribution in [2.45, 2.75) is 10.9 Å². The van der Waals surface area contributed by atoms with Gasteiger partial charge in [-0.15, -0.1) is 0 Å². The van der Waals surface area contributed by atoms with E-state index in [1.807, 2.05) is 0 Å². The normalized spacial score (nSPS) is 19.2. The Hall–Kier alpha value is -2.03. The van der Waals surface area contributed by atoms with Gasteiger partial charge in [0.15, 0.2) is 0 Å². The first-order chi connectivity index (χ1) is 11.5. The average molecular weight is 352 g/mol. The molecule has 0 saturated carbocycles. The van der Waals surface area contributed by atoms with Gasteiger partial charge in [0, 0.05) is 18.8 Å². The van der Waals surface area contributed by atoms with E-state index in [2.05, 4.69) is 4.98 Å². The molecule has 2 aromatic rings. The van der Waals surface area contributed by atoms with Gasteiger partial charge in [-0.1, -0.05) is 12.1 Å². The lowest BCUT2D eigenvalue weighted by molar-refractivity contribution is 0.0319. The standard InChI is InChI=1S/C16H17FN2O4S/c1-22-14-8-15(10-18-9-14)24(20,21)19-5-6-23-11-16(19)12-3-2-4-13(17)7-12/h2-4,7-10,16H,5-6,11H2,1H3. The summed E-state index contributed by atoms with van der Waals surface area (Å²) in [6, 6.07) is 6.71. The summed E-state index contributed by atoms with van der Waals surface area (Å²) < 4.78 is 51.3. The second kappa shape index (κ2) is 6.84. The highest BCUT2D eigenvalue weighted by Crippen LogP contribution is 2.31. The molecular weight excluding hydrogens is 335 g/mol. The maximum atomic E-state index is 13.5. The van der Waals surface area contributed by atoms with E-state index in [9.17, 15) is 12.8 Å². The van der Waals surface area contributed by atoms with E-state index < -0.39 is 21.9 Å². The molecule has 128 valence electrons. The molecule has 3 rings (SSSR count). The number of sulfonamides is 1. The Morgan fingerprint density at radius 1 is 1.33 bits per heavy atom. The second-order valence-corrected chi connectivity index (χ2v) is 7.21. The third kappa shape index (κ3) is 3.26. The van der Waals surface area contributed by atoms with Crippen LogP contribution in [0.5, 0.6) is 5.75 Å². The lowest BCUT2D eigenvalue weighted by Gasteiger charge is -2.34. The summed E-state index contributed by atoms with van der Waals surface area (Å²) in [6.45, 7) is 0.628. The van der Waals surface area contributed by atoms with Crippen LogP contribution in [0.15, 0.2) is 47.6 Å². The fourth-order valence-electron chi connectivity index (χ4n) is 2.64. The van der Waals surface area contributed by atoms with Gasteiger partial charge in [0.1, 0.15) is 16.5 Å². The van der Waals surface area contributed by atoms with Crippen LogP contribution in [0.25, 0.3) is 0 Å². The molecule has 0 bridgehead atoms. The summed E-state index contributed by atoms with van der Waals surface area (Å²) in [5.41, 5.74) is 0.550. The minimum absolute atomic E-state index is 0.0325. The molecule has 2 heterocycles. The van der Waals surface area contributed by atoms with Crippen LogP contribution in [0, 0.1) is 5.82 Å². The number of hydrogen-bond donors (Lipinski definition) is 0. The number of rotatable bonds is 4.